The van der Waals surface area contributed by atoms with Gasteiger partial charge in [-0.25, -0.2) is 4.98 Å². The molecule has 34 heavy (non-hydrogen) atoms. The molecular formula is C29H23N3O2. The lowest BCUT2D eigenvalue weighted by molar-refractivity contribution is -0.117. The topological polar surface area (TPSA) is 64.8 Å². The number of hydrogen-bond donors (Lipinski definition) is 0. The summed E-state index contributed by atoms with van der Waals surface area (Å²) in [5.74, 6) is 0.0154. The van der Waals surface area contributed by atoms with Gasteiger partial charge in [-0.3, -0.25) is 19.1 Å². The monoisotopic (exact) mass is 445 g/mol. The molecule has 0 aliphatic heterocycles. The summed E-state index contributed by atoms with van der Waals surface area (Å²) < 4.78 is 1.58. The SMILES string of the molecule is Cc1ccccc1C(=O)n1ccc2cc(-c3cccc(CC(=O)Cc4ccccc4)n3)cnc21. The molecule has 0 fully saturated rings. The third kappa shape index (κ3) is 4.41. The van der Waals surface area contributed by atoms with Crippen LogP contribution in [-0.4, -0.2) is 26.2 Å². The normalized spacial score (nSPS) is 11.0. The van der Waals surface area contributed by atoms with Gasteiger partial charge in [0.1, 0.15) is 11.4 Å². The molecule has 0 saturated heterocycles. The first kappa shape index (κ1) is 21.5. The van der Waals surface area contributed by atoms with Crippen molar-refractivity contribution in [2.45, 2.75) is 19.8 Å². The van der Waals surface area contributed by atoms with E-state index in [4.69, 9.17) is 4.98 Å². The lowest BCUT2D eigenvalue weighted by Gasteiger charge is -2.08. The lowest BCUT2D eigenvalue weighted by atomic mass is 10.0. The largest absolute Gasteiger partial charge is 0.299 e. The fraction of sp³-hybridized carbons (Fsp3) is 0.103. The first-order chi connectivity index (χ1) is 16.6. The number of Topliss-reactive ketones (excluding diaryl/α,β-unsaturated/α-hetero) is 1. The van der Waals surface area contributed by atoms with E-state index >= 15 is 0 Å². The number of hydrogen-bond acceptors (Lipinski definition) is 4. The molecule has 0 aliphatic carbocycles. The zero-order chi connectivity index (χ0) is 23.5. The maximum atomic E-state index is 13.1. The smallest absolute Gasteiger partial charge is 0.263 e. The third-order valence-corrected chi connectivity index (χ3v) is 5.85. The maximum absolute atomic E-state index is 13.1. The van der Waals surface area contributed by atoms with Crippen molar-refractivity contribution in [2.24, 2.45) is 0 Å². The van der Waals surface area contributed by atoms with Crippen molar-refractivity contribution in [1.29, 1.82) is 0 Å². The molecule has 0 bridgehead atoms. The number of pyridine rings is 2. The summed E-state index contributed by atoms with van der Waals surface area (Å²) in [4.78, 5) is 34.9. The van der Waals surface area contributed by atoms with Crippen molar-refractivity contribution in [2.75, 3.05) is 0 Å². The van der Waals surface area contributed by atoms with Crippen LogP contribution in [0.2, 0.25) is 0 Å². The molecule has 2 aromatic carbocycles. The fourth-order valence-corrected chi connectivity index (χ4v) is 4.10. The minimum atomic E-state index is -0.106. The summed E-state index contributed by atoms with van der Waals surface area (Å²) in [6, 6.07) is 26.8. The van der Waals surface area contributed by atoms with Crippen molar-refractivity contribution >= 4 is 22.7 Å². The highest BCUT2D eigenvalue weighted by Crippen LogP contribution is 2.23. The number of nitrogens with zero attached hydrogens (tertiary/aromatic N) is 3. The highest BCUT2D eigenvalue weighted by Gasteiger charge is 2.15. The third-order valence-electron chi connectivity index (χ3n) is 5.85. The van der Waals surface area contributed by atoms with Crippen LogP contribution in [0.1, 0.15) is 27.2 Å². The van der Waals surface area contributed by atoms with Gasteiger partial charge >= 0.3 is 0 Å². The van der Waals surface area contributed by atoms with E-state index < -0.39 is 0 Å². The van der Waals surface area contributed by atoms with E-state index in [2.05, 4.69) is 4.98 Å². The molecule has 0 amide bonds. The first-order valence-electron chi connectivity index (χ1n) is 11.2. The lowest BCUT2D eigenvalue weighted by Crippen LogP contribution is -2.12. The molecule has 3 heterocycles. The van der Waals surface area contributed by atoms with Gasteiger partial charge in [0.2, 0.25) is 0 Å². The summed E-state index contributed by atoms with van der Waals surface area (Å²) >= 11 is 0. The number of ketones is 1. The summed E-state index contributed by atoms with van der Waals surface area (Å²) in [7, 11) is 0. The van der Waals surface area contributed by atoms with E-state index in [1.807, 2.05) is 91.9 Å². The van der Waals surface area contributed by atoms with Crippen molar-refractivity contribution in [1.82, 2.24) is 14.5 Å². The second-order valence-corrected chi connectivity index (χ2v) is 8.33. The Bertz CT molecular complexity index is 1500. The molecule has 0 spiro atoms. The molecule has 166 valence electrons. The molecule has 5 rings (SSSR count). The predicted octanol–water partition coefficient (Wildman–Crippen LogP) is 5.45. The second kappa shape index (κ2) is 9.24. The number of carbonyl (C=O) groups is 2. The van der Waals surface area contributed by atoms with Crippen LogP contribution < -0.4 is 0 Å². The fourth-order valence-electron chi connectivity index (χ4n) is 4.10. The summed E-state index contributed by atoms with van der Waals surface area (Å²) in [5, 5.41) is 0.854. The Morgan fingerprint density at radius 1 is 0.853 bits per heavy atom. The molecule has 0 aliphatic rings. The minimum Gasteiger partial charge on any atom is -0.299 e. The molecule has 0 atom stereocenters. The Morgan fingerprint density at radius 2 is 1.65 bits per heavy atom. The van der Waals surface area contributed by atoms with Crippen molar-refractivity contribution in [3.63, 3.8) is 0 Å². The van der Waals surface area contributed by atoms with Crippen LogP contribution in [0, 0.1) is 6.92 Å². The number of rotatable bonds is 6. The van der Waals surface area contributed by atoms with Crippen molar-refractivity contribution in [3.8, 4) is 11.3 Å². The van der Waals surface area contributed by atoms with Crippen molar-refractivity contribution in [3.05, 3.63) is 120 Å². The molecule has 0 N–H and O–H groups in total. The number of carbonyl (C=O) groups excluding carboxylic acids is 2. The van der Waals surface area contributed by atoms with E-state index in [-0.39, 0.29) is 18.1 Å². The van der Waals surface area contributed by atoms with Gasteiger partial charge in [0.25, 0.3) is 5.91 Å². The predicted molar refractivity (Wildman–Crippen MR) is 133 cm³/mol. The summed E-state index contributed by atoms with van der Waals surface area (Å²) in [5.41, 5.74) is 5.50. The number of benzene rings is 2. The van der Waals surface area contributed by atoms with Crippen LogP contribution in [0.4, 0.5) is 0 Å². The molecule has 0 radical (unpaired) electrons. The van der Waals surface area contributed by atoms with Gasteiger partial charge in [-0.1, -0.05) is 54.6 Å². The molecule has 5 aromatic rings. The Kier molecular flexibility index (Phi) is 5.83. The molecule has 0 saturated carbocycles. The molecule has 5 heteroatoms. The van der Waals surface area contributed by atoms with E-state index in [0.717, 1.165) is 33.5 Å². The summed E-state index contributed by atoms with van der Waals surface area (Å²) in [6.45, 7) is 1.92. The quantitative estimate of drug-likeness (QED) is 0.349. The first-order valence-corrected chi connectivity index (χ1v) is 11.2. The Morgan fingerprint density at radius 3 is 2.47 bits per heavy atom. The van der Waals surface area contributed by atoms with Gasteiger partial charge in [-0.2, -0.15) is 0 Å². The van der Waals surface area contributed by atoms with Gasteiger partial charge in [0.15, 0.2) is 0 Å². The molecular weight excluding hydrogens is 422 g/mol. The van der Waals surface area contributed by atoms with Gasteiger partial charge in [-0.15, -0.1) is 0 Å². The Balaban J connectivity index is 1.38. The van der Waals surface area contributed by atoms with Crippen LogP contribution >= 0.6 is 0 Å². The van der Waals surface area contributed by atoms with Crippen LogP contribution in [0.5, 0.6) is 0 Å². The minimum absolute atomic E-state index is 0.106. The molecule has 5 nitrogen and oxygen atoms in total. The van der Waals surface area contributed by atoms with E-state index in [9.17, 15) is 9.59 Å². The Labute approximate surface area is 197 Å². The maximum Gasteiger partial charge on any atom is 0.263 e. The highest BCUT2D eigenvalue weighted by molar-refractivity contribution is 6.02. The molecule has 3 aromatic heterocycles. The van der Waals surface area contributed by atoms with Gasteiger partial charge in [-0.05, 0) is 48.4 Å². The van der Waals surface area contributed by atoms with Crippen LogP contribution in [0.15, 0.2) is 97.3 Å². The summed E-state index contributed by atoms with van der Waals surface area (Å²) in [6.07, 6.45) is 4.15. The van der Waals surface area contributed by atoms with Crippen LogP contribution in [0.25, 0.3) is 22.3 Å². The van der Waals surface area contributed by atoms with Crippen LogP contribution in [0.3, 0.4) is 0 Å². The van der Waals surface area contributed by atoms with E-state index in [1.165, 1.54) is 0 Å². The highest BCUT2D eigenvalue weighted by atomic mass is 16.2. The average molecular weight is 446 g/mol. The zero-order valence-corrected chi connectivity index (χ0v) is 18.8. The zero-order valence-electron chi connectivity index (χ0n) is 18.8. The standard InChI is InChI=1S/C29H23N3O2/c1-20-8-5-6-12-26(20)29(34)32-15-14-22-17-23(19-30-28(22)32)27-13-7-11-24(31-27)18-25(33)16-21-9-3-2-4-10-21/h2-15,17,19H,16,18H2,1H3. The van der Waals surface area contributed by atoms with Crippen LogP contribution in [-0.2, 0) is 17.6 Å². The Hall–Kier alpha value is -4.38. The molecule has 0 unspecified atom stereocenters. The number of fused-ring (bicyclic) bond motifs is 1. The van der Waals surface area contributed by atoms with Gasteiger partial charge < -0.3 is 0 Å². The number of aromatic nitrogens is 3. The van der Waals surface area contributed by atoms with Gasteiger partial charge in [0.05, 0.1) is 5.69 Å². The average Bonchev–Trinajstić information content (AvgIpc) is 3.28. The second-order valence-electron chi connectivity index (χ2n) is 8.33. The van der Waals surface area contributed by atoms with E-state index in [1.54, 1.807) is 17.0 Å². The van der Waals surface area contributed by atoms with Gasteiger partial charge in [0, 0.05) is 47.4 Å². The number of aryl methyl sites for hydroxylation is 1. The van der Waals surface area contributed by atoms with E-state index in [0.29, 0.717) is 17.6 Å². The van der Waals surface area contributed by atoms with Crippen molar-refractivity contribution < 1.29 is 9.59 Å².